The van der Waals surface area contributed by atoms with Gasteiger partial charge >= 0.3 is 0 Å². The number of hydrogen-bond acceptors (Lipinski definition) is 2. The third kappa shape index (κ3) is 1.08. The second-order valence-corrected chi connectivity index (χ2v) is 3.65. The normalized spacial score (nSPS) is 14.6. The molecule has 14 heavy (non-hydrogen) atoms. The smallest absolute Gasteiger partial charge is 0.116 e. The van der Waals surface area contributed by atoms with Crippen LogP contribution < -0.4 is 0 Å². The summed E-state index contributed by atoms with van der Waals surface area (Å²) in [6, 6.07) is 9.66. The zero-order valence-corrected chi connectivity index (χ0v) is 7.66. The number of fused-ring (bicyclic) bond motifs is 2. The van der Waals surface area contributed by atoms with Crippen molar-refractivity contribution in [3.63, 3.8) is 0 Å². The van der Waals surface area contributed by atoms with Crippen LogP contribution in [0.5, 0.6) is 5.75 Å². The molecule has 0 unspecified atom stereocenters. The van der Waals surface area contributed by atoms with E-state index in [1.54, 1.807) is 12.1 Å². The highest BCUT2D eigenvalue weighted by Gasteiger charge is 2.11. The monoisotopic (exact) mass is 186 g/mol. The number of phenols is 1. The minimum absolute atomic E-state index is 0.316. The summed E-state index contributed by atoms with van der Waals surface area (Å²) in [6.45, 7) is 1.41. The second-order valence-electron chi connectivity index (χ2n) is 3.65. The molecule has 0 aromatic heterocycles. The van der Waals surface area contributed by atoms with Gasteiger partial charge in [0, 0.05) is 0 Å². The molecule has 2 aromatic carbocycles. The number of benzene rings is 2. The standard InChI is InChI=1S/C12H10O2/c13-12-2-1-8-3-10-6-14-7-11(10)4-9(8)5-12/h1-5,13H,6-7H2. The predicted molar refractivity (Wildman–Crippen MR) is 54.1 cm³/mol. The maximum absolute atomic E-state index is 9.35. The lowest BCUT2D eigenvalue weighted by Gasteiger charge is -2.02. The van der Waals surface area contributed by atoms with Crippen molar-refractivity contribution in [3.8, 4) is 5.75 Å². The molecule has 2 nitrogen and oxygen atoms in total. The first kappa shape index (κ1) is 7.83. The van der Waals surface area contributed by atoms with Crippen molar-refractivity contribution >= 4 is 10.8 Å². The first-order valence-electron chi connectivity index (χ1n) is 4.65. The molecule has 1 aliphatic heterocycles. The van der Waals surface area contributed by atoms with Gasteiger partial charge in [-0.15, -0.1) is 0 Å². The summed E-state index contributed by atoms with van der Waals surface area (Å²) < 4.78 is 5.35. The van der Waals surface area contributed by atoms with E-state index in [1.165, 1.54) is 11.1 Å². The average Bonchev–Trinajstić information content (AvgIpc) is 2.61. The third-order valence-electron chi connectivity index (χ3n) is 2.66. The van der Waals surface area contributed by atoms with E-state index in [2.05, 4.69) is 12.1 Å². The molecule has 1 N–H and O–H groups in total. The van der Waals surface area contributed by atoms with Crippen LogP contribution in [0, 0.1) is 0 Å². The molecule has 1 aliphatic rings. The van der Waals surface area contributed by atoms with Crippen LogP contribution in [0.2, 0.25) is 0 Å². The van der Waals surface area contributed by atoms with Gasteiger partial charge in [-0.1, -0.05) is 6.07 Å². The van der Waals surface area contributed by atoms with Gasteiger partial charge in [0.05, 0.1) is 13.2 Å². The Kier molecular flexibility index (Phi) is 1.52. The first-order chi connectivity index (χ1) is 6.83. The van der Waals surface area contributed by atoms with E-state index in [0.717, 1.165) is 10.8 Å². The van der Waals surface area contributed by atoms with Crippen LogP contribution in [0.1, 0.15) is 11.1 Å². The van der Waals surface area contributed by atoms with Crippen LogP contribution >= 0.6 is 0 Å². The van der Waals surface area contributed by atoms with Gasteiger partial charge in [-0.3, -0.25) is 0 Å². The summed E-state index contributed by atoms with van der Waals surface area (Å²) in [6.07, 6.45) is 0. The summed E-state index contributed by atoms with van der Waals surface area (Å²) in [5.74, 6) is 0.316. The van der Waals surface area contributed by atoms with Gasteiger partial charge in [0.1, 0.15) is 5.75 Å². The summed E-state index contributed by atoms with van der Waals surface area (Å²) in [7, 11) is 0. The van der Waals surface area contributed by atoms with Crippen LogP contribution in [0.25, 0.3) is 10.8 Å². The Bertz CT molecular complexity index is 503. The maximum atomic E-state index is 9.35. The SMILES string of the molecule is Oc1ccc2cc3c(cc2c1)COC3. The highest BCUT2D eigenvalue weighted by Crippen LogP contribution is 2.27. The fourth-order valence-electron chi connectivity index (χ4n) is 1.92. The lowest BCUT2D eigenvalue weighted by atomic mass is 10.0. The fraction of sp³-hybridized carbons (Fsp3) is 0.167. The molecule has 0 amide bonds. The third-order valence-corrected chi connectivity index (χ3v) is 2.66. The van der Waals surface area contributed by atoms with E-state index in [4.69, 9.17) is 4.74 Å². The minimum atomic E-state index is 0.316. The quantitative estimate of drug-likeness (QED) is 0.685. The Morgan fingerprint density at radius 2 is 1.64 bits per heavy atom. The largest absolute Gasteiger partial charge is 0.508 e. The molecule has 0 atom stereocenters. The van der Waals surface area contributed by atoms with E-state index in [-0.39, 0.29) is 0 Å². The van der Waals surface area contributed by atoms with Gasteiger partial charge in [0.25, 0.3) is 0 Å². The Balaban J connectivity index is 2.33. The molecule has 0 saturated heterocycles. The van der Waals surface area contributed by atoms with E-state index in [0.29, 0.717) is 19.0 Å². The zero-order valence-electron chi connectivity index (χ0n) is 7.66. The summed E-state index contributed by atoms with van der Waals surface area (Å²) in [4.78, 5) is 0. The maximum Gasteiger partial charge on any atom is 0.116 e. The molecule has 3 rings (SSSR count). The van der Waals surface area contributed by atoms with Gasteiger partial charge in [0.2, 0.25) is 0 Å². The van der Waals surface area contributed by atoms with Crippen LogP contribution in [0.15, 0.2) is 30.3 Å². The van der Waals surface area contributed by atoms with Gasteiger partial charge in [-0.2, -0.15) is 0 Å². The van der Waals surface area contributed by atoms with Crippen LogP contribution in [-0.2, 0) is 18.0 Å². The van der Waals surface area contributed by atoms with Crippen LogP contribution in [0.3, 0.4) is 0 Å². The van der Waals surface area contributed by atoms with Crippen molar-refractivity contribution in [1.82, 2.24) is 0 Å². The molecular formula is C12H10O2. The number of phenolic OH excluding ortho intramolecular Hbond substituents is 1. The van der Waals surface area contributed by atoms with Gasteiger partial charge in [0.15, 0.2) is 0 Å². The predicted octanol–water partition coefficient (Wildman–Crippen LogP) is 2.58. The van der Waals surface area contributed by atoms with Crippen molar-refractivity contribution in [1.29, 1.82) is 0 Å². The van der Waals surface area contributed by atoms with Crippen molar-refractivity contribution in [2.24, 2.45) is 0 Å². The average molecular weight is 186 g/mol. The Labute approximate surface area is 81.7 Å². The second kappa shape index (κ2) is 2.72. The Morgan fingerprint density at radius 3 is 2.43 bits per heavy atom. The fourth-order valence-corrected chi connectivity index (χ4v) is 1.92. The molecule has 0 aliphatic carbocycles. The summed E-state index contributed by atoms with van der Waals surface area (Å²) in [5.41, 5.74) is 2.51. The lowest BCUT2D eigenvalue weighted by Crippen LogP contribution is -1.82. The van der Waals surface area contributed by atoms with E-state index in [1.807, 2.05) is 6.07 Å². The molecule has 70 valence electrons. The molecule has 0 saturated carbocycles. The van der Waals surface area contributed by atoms with Gasteiger partial charge in [-0.25, -0.2) is 0 Å². The Morgan fingerprint density at radius 1 is 0.929 bits per heavy atom. The van der Waals surface area contributed by atoms with E-state index < -0.39 is 0 Å². The Hall–Kier alpha value is -1.54. The molecule has 0 radical (unpaired) electrons. The molecule has 0 spiro atoms. The summed E-state index contributed by atoms with van der Waals surface area (Å²) >= 11 is 0. The topological polar surface area (TPSA) is 29.5 Å². The molecule has 0 fully saturated rings. The van der Waals surface area contributed by atoms with Gasteiger partial charge < -0.3 is 9.84 Å². The van der Waals surface area contributed by atoms with Crippen molar-refractivity contribution in [2.75, 3.05) is 0 Å². The summed E-state index contributed by atoms with van der Waals surface area (Å²) in [5, 5.41) is 11.6. The molecule has 1 heterocycles. The van der Waals surface area contributed by atoms with Crippen LogP contribution in [0.4, 0.5) is 0 Å². The first-order valence-corrected chi connectivity index (χ1v) is 4.65. The molecule has 0 bridgehead atoms. The van der Waals surface area contributed by atoms with Crippen molar-refractivity contribution in [3.05, 3.63) is 41.5 Å². The highest BCUT2D eigenvalue weighted by molar-refractivity contribution is 5.85. The van der Waals surface area contributed by atoms with Crippen molar-refractivity contribution < 1.29 is 9.84 Å². The minimum Gasteiger partial charge on any atom is -0.508 e. The number of aromatic hydroxyl groups is 1. The number of ether oxygens (including phenoxy) is 1. The number of hydrogen-bond donors (Lipinski definition) is 1. The lowest BCUT2D eigenvalue weighted by molar-refractivity contribution is 0.134. The molecular weight excluding hydrogens is 176 g/mol. The van der Waals surface area contributed by atoms with Gasteiger partial charge in [-0.05, 0) is 46.2 Å². The molecule has 2 aromatic rings. The van der Waals surface area contributed by atoms with Crippen LogP contribution in [-0.4, -0.2) is 5.11 Å². The zero-order chi connectivity index (χ0) is 9.54. The molecule has 2 heteroatoms. The highest BCUT2D eigenvalue weighted by atomic mass is 16.5. The van der Waals surface area contributed by atoms with Crippen molar-refractivity contribution in [2.45, 2.75) is 13.2 Å². The number of rotatable bonds is 0. The van der Waals surface area contributed by atoms with E-state index in [9.17, 15) is 5.11 Å². The van der Waals surface area contributed by atoms with E-state index >= 15 is 0 Å².